The molecule has 0 aliphatic heterocycles. The summed E-state index contributed by atoms with van der Waals surface area (Å²) >= 11 is 0. The maximum Gasteiger partial charge on any atom is 0.335 e. The molecule has 0 bridgehead atoms. The highest BCUT2D eigenvalue weighted by Gasteiger charge is 2.10. The SMILES string of the molecule is O=C(O)c1cccc(COCCOc2ccc(CCNC[C@@H](O)c3ccc(O)c(CO)c3)cc2)c1. The fourth-order valence-electron chi connectivity index (χ4n) is 3.48. The van der Waals surface area contributed by atoms with Crippen LogP contribution in [-0.2, 0) is 24.4 Å². The molecule has 5 N–H and O–H groups in total. The van der Waals surface area contributed by atoms with Gasteiger partial charge in [0.15, 0.2) is 0 Å². The molecule has 3 aromatic carbocycles. The van der Waals surface area contributed by atoms with Crippen molar-refractivity contribution in [2.45, 2.75) is 25.7 Å². The van der Waals surface area contributed by atoms with Crippen LogP contribution < -0.4 is 10.1 Å². The molecule has 0 unspecified atom stereocenters. The van der Waals surface area contributed by atoms with Gasteiger partial charge in [0.2, 0.25) is 0 Å². The molecule has 0 spiro atoms. The Morgan fingerprint density at radius 3 is 2.51 bits per heavy atom. The first-order valence-electron chi connectivity index (χ1n) is 11.4. The second kappa shape index (κ2) is 13.5. The number of hydrogen-bond donors (Lipinski definition) is 5. The van der Waals surface area contributed by atoms with E-state index in [0.29, 0.717) is 44.0 Å². The van der Waals surface area contributed by atoms with Gasteiger partial charge in [-0.15, -0.1) is 0 Å². The number of rotatable bonds is 14. The molecule has 3 aromatic rings. The topological polar surface area (TPSA) is 128 Å². The quantitative estimate of drug-likeness (QED) is 0.222. The number of nitrogens with one attached hydrogen (secondary N) is 1. The Balaban J connectivity index is 1.31. The third-order valence-electron chi connectivity index (χ3n) is 5.45. The summed E-state index contributed by atoms with van der Waals surface area (Å²) in [4.78, 5) is 11.0. The van der Waals surface area contributed by atoms with E-state index >= 15 is 0 Å². The van der Waals surface area contributed by atoms with E-state index in [1.807, 2.05) is 30.3 Å². The number of aromatic hydroxyl groups is 1. The number of aliphatic hydroxyl groups is 2. The van der Waals surface area contributed by atoms with Crippen LogP contribution in [0.1, 0.15) is 38.7 Å². The number of benzene rings is 3. The summed E-state index contributed by atoms with van der Waals surface area (Å²) in [5.74, 6) is -0.210. The largest absolute Gasteiger partial charge is 0.508 e. The highest BCUT2D eigenvalue weighted by molar-refractivity contribution is 5.87. The van der Waals surface area contributed by atoms with Crippen molar-refractivity contribution in [2.24, 2.45) is 0 Å². The molecule has 186 valence electrons. The zero-order valence-corrected chi connectivity index (χ0v) is 19.4. The van der Waals surface area contributed by atoms with Crippen molar-refractivity contribution in [3.8, 4) is 11.5 Å². The lowest BCUT2D eigenvalue weighted by molar-refractivity contribution is 0.0695. The van der Waals surface area contributed by atoms with Gasteiger partial charge < -0.3 is 35.2 Å². The van der Waals surface area contributed by atoms with Gasteiger partial charge in [0, 0.05) is 12.1 Å². The van der Waals surface area contributed by atoms with E-state index in [4.69, 9.17) is 14.6 Å². The molecule has 0 heterocycles. The fourth-order valence-corrected chi connectivity index (χ4v) is 3.48. The molecule has 3 rings (SSSR count). The van der Waals surface area contributed by atoms with Gasteiger partial charge in [-0.3, -0.25) is 0 Å². The standard InChI is InChI=1S/C27H31NO7/c29-17-23-15-21(6-9-25(23)30)26(31)16-28-11-10-19-4-7-24(8-5-19)35-13-12-34-18-20-2-1-3-22(14-20)27(32)33/h1-9,14-15,26,28-31H,10-13,16-18H2,(H,32,33)/t26-/m1/s1. The number of carboxylic acid groups (broad SMARTS) is 1. The van der Waals surface area contributed by atoms with E-state index in [1.165, 1.54) is 6.07 Å². The van der Waals surface area contributed by atoms with Gasteiger partial charge in [-0.25, -0.2) is 4.79 Å². The molecule has 0 saturated carbocycles. The number of hydrogen-bond acceptors (Lipinski definition) is 7. The Bertz CT molecular complexity index is 1090. The summed E-state index contributed by atoms with van der Waals surface area (Å²) in [7, 11) is 0. The molecule has 1 atom stereocenters. The first-order valence-corrected chi connectivity index (χ1v) is 11.4. The number of phenols is 1. The van der Waals surface area contributed by atoms with E-state index in [-0.39, 0.29) is 17.9 Å². The summed E-state index contributed by atoms with van der Waals surface area (Å²) in [6, 6.07) is 19.1. The zero-order chi connectivity index (χ0) is 25.0. The van der Waals surface area contributed by atoms with Crippen LogP contribution in [0, 0.1) is 0 Å². The maximum atomic E-state index is 11.0. The number of carbonyl (C=O) groups is 1. The van der Waals surface area contributed by atoms with Gasteiger partial charge in [-0.05, 0) is 66.1 Å². The van der Waals surface area contributed by atoms with Crippen LogP contribution >= 0.6 is 0 Å². The molecule has 0 aliphatic carbocycles. The molecule has 8 nitrogen and oxygen atoms in total. The molecule has 0 amide bonds. The monoisotopic (exact) mass is 481 g/mol. The van der Waals surface area contributed by atoms with E-state index in [2.05, 4.69) is 5.32 Å². The minimum atomic E-state index is -0.960. The molecule has 0 aromatic heterocycles. The van der Waals surface area contributed by atoms with Crippen LogP contribution in [-0.4, -0.2) is 52.7 Å². The van der Waals surface area contributed by atoms with E-state index < -0.39 is 12.1 Å². The second-order valence-electron chi connectivity index (χ2n) is 8.07. The van der Waals surface area contributed by atoms with Crippen molar-refractivity contribution in [3.05, 3.63) is 94.5 Å². The Morgan fingerprint density at radius 2 is 1.77 bits per heavy atom. The zero-order valence-electron chi connectivity index (χ0n) is 19.4. The van der Waals surface area contributed by atoms with Crippen LogP contribution in [0.4, 0.5) is 0 Å². The van der Waals surface area contributed by atoms with Gasteiger partial charge in [-0.2, -0.15) is 0 Å². The highest BCUT2D eigenvalue weighted by Crippen LogP contribution is 2.22. The first kappa shape index (κ1) is 26.2. The molecule has 0 aliphatic rings. The molecular formula is C27H31NO7. The molecule has 35 heavy (non-hydrogen) atoms. The lowest BCUT2D eigenvalue weighted by atomic mass is 10.1. The molecular weight excluding hydrogens is 450 g/mol. The summed E-state index contributed by atoms with van der Waals surface area (Å²) in [5, 5.41) is 41.4. The summed E-state index contributed by atoms with van der Waals surface area (Å²) < 4.78 is 11.3. The lowest BCUT2D eigenvalue weighted by Gasteiger charge is -2.14. The third-order valence-corrected chi connectivity index (χ3v) is 5.45. The predicted molar refractivity (Wildman–Crippen MR) is 131 cm³/mol. The lowest BCUT2D eigenvalue weighted by Crippen LogP contribution is -2.23. The first-order chi connectivity index (χ1) is 17.0. The highest BCUT2D eigenvalue weighted by atomic mass is 16.5. The minimum Gasteiger partial charge on any atom is -0.508 e. The van der Waals surface area contributed by atoms with Crippen LogP contribution in [0.25, 0.3) is 0 Å². The van der Waals surface area contributed by atoms with Gasteiger partial charge in [-0.1, -0.05) is 30.3 Å². The van der Waals surface area contributed by atoms with Crippen molar-refractivity contribution in [3.63, 3.8) is 0 Å². The smallest absolute Gasteiger partial charge is 0.335 e. The third kappa shape index (κ3) is 8.38. The van der Waals surface area contributed by atoms with Crippen LogP contribution in [0.2, 0.25) is 0 Å². The molecule has 8 heteroatoms. The molecule has 0 radical (unpaired) electrons. The van der Waals surface area contributed by atoms with Crippen molar-refractivity contribution in [1.29, 1.82) is 0 Å². The second-order valence-corrected chi connectivity index (χ2v) is 8.07. The number of carboxylic acids is 1. The number of aliphatic hydroxyl groups excluding tert-OH is 2. The van der Waals surface area contributed by atoms with Gasteiger partial charge in [0.1, 0.15) is 18.1 Å². The normalized spacial score (nSPS) is 11.8. The van der Waals surface area contributed by atoms with Gasteiger partial charge in [0.25, 0.3) is 0 Å². The average molecular weight is 482 g/mol. The fraction of sp³-hybridized carbons (Fsp3) is 0.296. The van der Waals surface area contributed by atoms with Crippen LogP contribution in [0.15, 0.2) is 66.7 Å². The van der Waals surface area contributed by atoms with Crippen LogP contribution in [0.3, 0.4) is 0 Å². The van der Waals surface area contributed by atoms with Crippen molar-refractivity contribution >= 4 is 5.97 Å². The maximum absolute atomic E-state index is 11.0. The van der Waals surface area contributed by atoms with E-state index in [1.54, 1.807) is 30.3 Å². The van der Waals surface area contributed by atoms with Gasteiger partial charge in [0.05, 0.1) is 31.5 Å². The van der Waals surface area contributed by atoms with Crippen LogP contribution in [0.5, 0.6) is 11.5 Å². The number of aromatic carboxylic acids is 1. The summed E-state index contributed by atoms with van der Waals surface area (Å²) in [6.45, 7) is 1.84. The minimum absolute atomic E-state index is 0.0135. The van der Waals surface area contributed by atoms with Gasteiger partial charge >= 0.3 is 5.97 Å². The van der Waals surface area contributed by atoms with E-state index in [9.17, 15) is 20.1 Å². The average Bonchev–Trinajstić information content (AvgIpc) is 2.87. The van der Waals surface area contributed by atoms with E-state index in [0.717, 1.165) is 23.3 Å². The predicted octanol–water partition coefficient (Wildman–Crippen LogP) is 3.04. The summed E-state index contributed by atoms with van der Waals surface area (Å²) in [6.07, 6.45) is 0.0446. The Labute approximate surface area is 204 Å². The van der Waals surface area contributed by atoms with Crippen molar-refractivity contribution in [1.82, 2.24) is 5.32 Å². The Morgan fingerprint density at radius 1 is 0.971 bits per heavy atom. The molecule has 0 fully saturated rings. The Kier molecular flexibility index (Phi) is 10.1. The summed E-state index contributed by atoms with van der Waals surface area (Å²) in [5.41, 5.74) is 3.19. The Hall–Kier alpha value is -3.43. The van der Waals surface area contributed by atoms with Crippen molar-refractivity contribution in [2.75, 3.05) is 26.3 Å². The van der Waals surface area contributed by atoms with Crippen molar-refractivity contribution < 1.29 is 34.7 Å². The molecule has 0 saturated heterocycles. The number of ether oxygens (including phenoxy) is 2.